The SMILES string of the molecule is CC(C)(C)CC(NN)c1cnccc1N. The standard InChI is InChI=1S/C11H20N4/c1-11(2,3)6-10(15-13)8-7-14-5-4-9(8)12/h4-5,7,10,15H,6,13H2,1-3H3,(H2,12,14). The first-order valence-corrected chi connectivity index (χ1v) is 5.09. The number of hydrogen-bond acceptors (Lipinski definition) is 4. The topological polar surface area (TPSA) is 77.0 Å². The molecule has 15 heavy (non-hydrogen) atoms. The van der Waals surface area contributed by atoms with Gasteiger partial charge in [-0.2, -0.15) is 0 Å². The maximum Gasteiger partial charge on any atom is 0.0500 e. The van der Waals surface area contributed by atoms with Crippen molar-refractivity contribution >= 4 is 5.69 Å². The van der Waals surface area contributed by atoms with Crippen LogP contribution in [0.5, 0.6) is 0 Å². The lowest BCUT2D eigenvalue weighted by molar-refractivity contribution is 0.313. The predicted molar refractivity (Wildman–Crippen MR) is 62.8 cm³/mol. The second kappa shape index (κ2) is 4.59. The van der Waals surface area contributed by atoms with Gasteiger partial charge in [-0.1, -0.05) is 20.8 Å². The molecule has 1 aromatic rings. The van der Waals surface area contributed by atoms with Gasteiger partial charge in [0.05, 0.1) is 6.04 Å². The molecule has 1 rings (SSSR count). The summed E-state index contributed by atoms with van der Waals surface area (Å²) < 4.78 is 0. The summed E-state index contributed by atoms with van der Waals surface area (Å²) in [7, 11) is 0. The first kappa shape index (κ1) is 11.9. The van der Waals surface area contributed by atoms with E-state index >= 15 is 0 Å². The third kappa shape index (κ3) is 3.49. The van der Waals surface area contributed by atoms with Gasteiger partial charge < -0.3 is 5.73 Å². The molecule has 0 aliphatic rings. The van der Waals surface area contributed by atoms with E-state index in [1.165, 1.54) is 0 Å². The summed E-state index contributed by atoms with van der Waals surface area (Å²) >= 11 is 0. The van der Waals surface area contributed by atoms with Gasteiger partial charge in [0.15, 0.2) is 0 Å². The van der Waals surface area contributed by atoms with E-state index in [-0.39, 0.29) is 11.5 Å². The Morgan fingerprint density at radius 2 is 2.13 bits per heavy atom. The van der Waals surface area contributed by atoms with Crippen molar-refractivity contribution in [3.8, 4) is 0 Å². The van der Waals surface area contributed by atoms with Crippen LogP contribution < -0.4 is 17.0 Å². The van der Waals surface area contributed by atoms with Gasteiger partial charge in [0, 0.05) is 23.6 Å². The Morgan fingerprint density at radius 1 is 1.47 bits per heavy atom. The molecule has 0 amide bonds. The zero-order valence-electron chi connectivity index (χ0n) is 9.62. The van der Waals surface area contributed by atoms with Crippen LogP contribution in [0.15, 0.2) is 18.5 Å². The first-order valence-electron chi connectivity index (χ1n) is 5.09. The maximum atomic E-state index is 5.88. The van der Waals surface area contributed by atoms with Crippen molar-refractivity contribution in [3.63, 3.8) is 0 Å². The molecule has 4 heteroatoms. The quantitative estimate of drug-likeness (QED) is 0.521. The van der Waals surface area contributed by atoms with E-state index in [1.54, 1.807) is 18.5 Å². The zero-order chi connectivity index (χ0) is 11.5. The van der Waals surface area contributed by atoms with Crippen LogP contribution in [-0.2, 0) is 0 Å². The normalized spacial score (nSPS) is 13.9. The summed E-state index contributed by atoms with van der Waals surface area (Å²) in [5.41, 5.74) is 10.6. The van der Waals surface area contributed by atoms with E-state index in [0.717, 1.165) is 17.7 Å². The molecule has 0 aliphatic heterocycles. The molecule has 0 radical (unpaired) electrons. The molecule has 0 spiro atoms. The van der Waals surface area contributed by atoms with Crippen molar-refractivity contribution in [2.45, 2.75) is 33.2 Å². The Hall–Kier alpha value is -1.13. The van der Waals surface area contributed by atoms with E-state index in [9.17, 15) is 0 Å². The summed E-state index contributed by atoms with van der Waals surface area (Å²) in [6.45, 7) is 6.51. The number of nitrogens with two attached hydrogens (primary N) is 2. The summed E-state index contributed by atoms with van der Waals surface area (Å²) in [5.74, 6) is 5.55. The first-order chi connectivity index (χ1) is 6.94. The number of anilines is 1. The Bertz CT molecular complexity index is 317. The number of nitrogens with one attached hydrogen (secondary N) is 1. The van der Waals surface area contributed by atoms with Crippen molar-refractivity contribution in [3.05, 3.63) is 24.0 Å². The molecule has 1 atom stereocenters. The largest absolute Gasteiger partial charge is 0.398 e. The van der Waals surface area contributed by atoms with Crippen molar-refractivity contribution in [2.75, 3.05) is 5.73 Å². The zero-order valence-corrected chi connectivity index (χ0v) is 9.62. The molecule has 0 fully saturated rings. The Balaban J connectivity index is 2.88. The van der Waals surface area contributed by atoms with E-state index in [4.69, 9.17) is 11.6 Å². The fourth-order valence-corrected chi connectivity index (χ4v) is 1.58. The van der Waals surface area contributed by atoms with Crippen LogP contribution in [0, 0.1) is 5.41 Å². The molecule has 0 saturated carbocycles. The minimum Gasteiger partial charge on any atom is -0.398 e. The van der Waals surface area contributed by atoms with Crippen LogP contribution in [0.2, 0.25) is 0 Å². The fraction of sp³-hybridized carbons (Fsp3) is 0.545. The lowest BCUT2D eigenvalue weighted by Crippen LogP contribution is -2.31. The van der Waals surface area contributed by atoms with Gasteiger partial charge in [0.2, 0.25) is 0 Å². The van der Waals surface area contributed by atoms with Gasteiger partial charge in [0.1, 0.15) is 0 Å². The van der Waals surface area contributed by atoms with Gasteiger partial charge in [0.25, 0.3) is 0 Å². The highest BCUT2D eigenvalue weighted by Crippen LogP contribution is 2.30. The number of aromatic nitrogens is 1. The molecule has 0 saturated heterocycles. The average molecular weight is 208 g/mol. The highest BCUT2D eigenvalue weighted by Gasteiger charge is 2.20. The number of nitrogen functional groups attached to an aromatic ring is 1. The highest BCUT2D eigenvalue weighted by atomic mass is 15.2. The van der Waals surface area contributed by atoms with Crippen LogP contribution in [0.25, 0.3) is 0 Å². The average Bonchev–Trinajstić information content (AvgIpc) is 2.14. The van der Waals surface area contributed by atoms with Crippen molar-refractivity contribution in [1.82, 2.24) is 10.4 Å². The van der Waals surface area contributed by atoms with E-state index in [2.05, 4.69) is 31.2 Å². The summed E-state index contributed by atoms with van der Waals surface area (Å²) in [5, 5.41) is 0. The Morgan fingerprint density at radius 3 is 2.60 bits per heavy atom. The molecule has 0 aromatic carbocycles. The second-order valence-electron chi connectivity index (χ2n) is 4.99. The van der Waals surface area contributed by atoms with Crippen LogP contribution in [0.4, 0.5) is 5.69 Å². The smallest absolute Gasteiger partial charge is 0.0500 e. The van der Waals surface area contributed by atoms with Gasteiger partial charge in [-0.15, -0.1) is 0 Å². The van der Waals surface area contributed by atoms with Gasteiger partial charge in [-0.05, 0) is 17.9 Å². The summed E-state index contributed by atoms with van der Waals surface area (Å²) in [6, 6.07) is 1.85. The van der Waals surface area contributed by atoms with E-state index < -0.39 is 0 Å². The maximum absolute atomic E-state index is 5.88. The number of rotatable bonds is 3. The number of pyridine rings is 1. The third-order valence-corrected chi connectivity index (χ3v) is 2.28. The Labute approximate surface area is 91.0 Å². The molecular weight excluding hydrogens is 188 g/mol. The van der Waals surface area contributed by atoms with Crippen LogP contribution in [0.3, 0.4) is 0 Å². The van der Waals surface area contributed by atoms with Crippen molar-refractivity contribution in [1.29, 1.82) is 0 Å². The minimum atomic E-state index is 0.0544. The molecule has 0 aliphatic carbocycles. The van der Waals surface area contributed by atoms with E-state index in [1.807, 2.05) is 0 Å². The van der Waals surface area contributed by atoms with E-state index in [0.29, 0.717) is 0 Å². The molecule has 1 unspecified atom stereocenters. The minimum absolute atomic E-state index is 0.0544. The molecular formula is C11H20N4. The molecule has 0 bridgehead atoms. The Kier molecular flexibility index (Phi) is 3.66. The van der Waals surface area contributed by atoms with Gasteiger partial charge in [-0.25, -0.2) is 0 Å². The van der Waals surface area contributed by atoms with Crippen molar-refractivity contribution in [2.24, 2.45) is 11.3 Å². The van der Waals surface area contributed by atoms with Gasteiger partial charge >= 0.3 is 0 Å². The number of hydrazine groups is 1. The third-order valence-electron chi connectivity index (χ3n) is 2.28. The molecule has 1 heterocycles. The molecule has 1 aromatic heterocycles. The lowest BCUT2D eigenvalue weighted by Gasteiger charge is -2.26. The van der Waals surface area contributed by atoms with Crippen LogP contribution >= 0.6 is 0 Å². The second-order valence-corrected chi connectivity index (χ2v) is 4.99. The monoisotopic (exact) mass is 208 g/mol. The molecule has 4 nitrogen and oxygen atoms in total. The molecule has 84 valence electrons. The summed E-state index contributed by atoms with van der Waals surface area (Å²) in [4.78, 5) is 4.07. The summed E-state index contributed by atoms with van der Waals surface area (Å²) in [6.07, 6.45) is 4.37. The van der Waals surface area contributed by atoms with Crippen LogP contribution in [0.1, 0.15) is 38.8 Å². The van der Waals surface area contributed by atoms with Gasteiger partial charge in [-0.3, -0.25) is 16.3 Å². The van der Waals surface area contributed by atoms with Crippen LogP contribution in [-0.4, -0.2) is 4.98 Å². The number of nitrogens with zero attached hydrogens (tertiary/aromatic N) is 1. The number of hydrogen-bond donors (Lipinski definition) is 3. The predicted octanol–water partition coefficient (Wildman–Crippen LogP) is 1.60. The highest BCUT2D eigenvalue weighted by molar-refractivity contribution is 5.46. The van der Waals surface area contributed by atoms with Crippen molar-refractivity contribution < 1.29 is 0 Å². The lowest BCUT2D eigenvalue weighted by atomic mass is 9.86. The fourth-order valence-electron chi connectivity index (χ4n) is 1.58. The molecule has 5 N–H and O–H groups in total.